The zero-order chi connectivity index (χ0) is 22.4. The third-order valence-electron chi connectivity index (χ3n) is 3.92. The molecule has 1 heterocycles. The maximum atomic E-state index is 11.5. The van der Waals surface area contributed by atoms with Gasteiger partial charge in [-0.2, -0.15) is 0 Å². The van der Waals surface area contributed by atoms with E-state index in [2.05, 4.69) is 24.1 Å². The first-order chi connectivity index (χ1) is 13.7. The van der Waals surface area contributed by atoms with Gasteiger partial charge in [0.2, 0.25) is 0 Å². The van der Waals surface area contributed by atoms with E-state index in [0.717, 1.165) is 16.5 Å². The number of hydrogen-bond acceptors (Lipinski definition) is 6. The highest BCUT2D eigenvalue weighted by Gasteiger charge is 2.14. The number of aromatic hydroxyl groups is 1. The standard InChI is InChI=1S/C13H16N2O2.C6H13NO2.C3H8/c1-2-13(17)11(14)5-8-7-15-12-4-3-9(16)6-10(8)12;1-5(8)3-6(9)4-7-2;1-3-2/h3-4,6-7,11,15-16H,2,5,14H2,1H3;6-7,9H,3-4H2,1-2H3;3H2,1-2H3/t11-;;/m0../s1. The van der Waals surface area contributed by atoms with Crippen LogP contribution in [0.3, 0.4) is 0 Å². The number of aliphatic hydroxyl groups is 1. The minimum absolute atomic E-state index is 0.0257. The molecule has 0 aliphatic rings. The predicted octanol–water partition coefficient (Wildman–Crippen LogP) is 2.68. The molecule has 0 amide bonds. The van der Waals surface area contributed by atoms with Crippen molar-refractivity contribution in [1.29, 1.82) is 0 Å². The molecule has 2 aromatic rings. The molecule has 1 aromatic heterocycles. The first kappa shape index (κ1) is 26.8. The molecule has 0 radical (unpaired) electrons. The molecule has 0 spiro atoms. The SMILES string of the molecule is CCC.CCC(=O)[C@@H](N)Cc1c[nH]c2ccc(O)cc12.CNCC(O)CC(C)=O. The molecule has 1 unspecified atom stereocenters. The fraction of sp³-hybridized carbons (Fsp3) is 0.545. The Hall–Kier alpha value is -2.22. The lowest BCUT2D eigenvalue weighted by Crippen LogP contribution is -2.31. The summed E-state index contributed by atoms with van der Waals surface area (Å²) >= 11 is 0. The van der Waals surface area contributed by atoms with Crippen LogP contribution >= 0.6 is 0 Å². The highest BCUT2D eigenvalue weighted by atomic mass is 16.3. The second-order valence-electron chi connectivity index (χ2n) is 7.00. The molecule has 0 aliphatic carbocycles. The Kier molecular flexibility index (Phi) is 13.6. The molecule has 0 fully saturated rings. The van der Waals surface area contributed by atoms with Crippen LogP contribution in [-0.4, -0.2) is 52.5 Å². The van der Waals surface area contributed by atoms with Gasteiger partial charge in [-0.3, -0.25) is 9.59 Å². The summed E-state index contributed by atoms with van der Waals surface area (Å²) in [6.07, 6.45) is 3.77. The third kappa shape index (κ3) is 10.8. The van der Waals surface area contributed by atoms with Crippen molar-refractivity contribution in [2.75, 3.05) is 13.6 Å². The lowest BCUT2D eigenvalue weighted by atomic mass is 10.0. The van der Waals surface area contributed by atoms with Crippen LogP contribution in [0, 0.1) is 0 Å². The normalized spacial score (nSPS) is 12.2. The Labute approximate surface area is 173 Å². The number of H-pyrrole nitrogens is 1. The van der Waals surface area contributed by atoms with Gasteiger partial charge in [-0.1, -0.05) is 27.2 Å². The number of ketones is 2. The largest absolute Gasteiger partial charge is 0.508 e. The van der Waals surface area contributed by atoms with Crippen LogP contribution < -0.4 is 11.1 Å². The fourth-order valence-electron chi connectivity index (χ4n) is 2.59. The summed E-state index contributed by atoms with van der Waals surface area (Å²) in [7, 11) is 1.74. The Morgan fingerprint density at radius 3 is 2.38 bits per heavy atom. The summed E-state index contributed by atoms with van der Waals surface area (Å²) < 4.78 is 0. The van der Waals surface area contributed by atoms with Crippen molar-refractivity contribution < 1.29 is 19.8 Å². The second-order valence-corrected chi connectivity index (χ2v) is 7.00. The van der Waals surface area contributed by atoms with Crippen LogP contribution in [0.1, 0.15) is 52.5 Å². The predicted molar refractivity (Wildman–Crippen MR) is 118 cm³/mol. The van der Waals surface area contributed by atoms with E-state index >= 15 is 0 Å². The smallest absolute Gasteiger partial charge is 0.149 e. The lowest BCUT2D eigenvalue weighted by Gasteiger charge is -2.08. The molecule has 2 atom stereocenters. The second kappa shape index (κ2) is 14.7. The van der Waals surface area contributed by atoms with Crippen molar-refractivity contribution in [1.82, 2.24) is 10.3 Å². The monoisotopic (exact) mass is 407 g/mol. The van der Waals surface area contributed by atoms with Crippen molar-refractivity contribution >= 4 is 22.5 Å². The van der Waals surface area contributed by atoms with Crippen molar-refractivity contribution in [3.63, 3.8) is 0 Å². The molecule has 7 heteroatoms. The van der Waals surface area contributed by atoms with E-state index < -0.39 is 12.1 Å². The summed E-state index contributed by atoms with van der Waals surface area (Å²) in [6, 6.07) is 4.65. The minimum atomic E-state index is -0.521. The number of phenols is 1. The van der Waals surface area contributed by atoms with Gasteiger partial charge in [0.15, 0.2) is 0 Å². The Morgan fingerprint density at radius 2 is 1.86 bits per heavy atom. The van der Waals surface area contributed by atoms with E-state index in [-0.39, 0.29) is 23.7 Å². The van der Waals surface area contributed by atoms with Crippen LogP contribution in [0.5, 0.6) is 5.75 Å². The fourth-order valence-corrected chi connectivity index (χ4v) is 2.59. The minimum Gasteiger partial charge on any atom is -0.508 e. The first-order valence-corrected chi connectivity index (χ1v) is 10.1. The maximum absolute atomic E-state index is 11.5. The molecule has 1 aromatic carbocycles. The molecular weight excluding hydrogens is 370 g/mol. The highest BCUT2D eigenvalue weighted by Crippen LogP contribution is 2.23. The third-order valence-corrected chi connectivity index (χ3v) is 3.92. The molecule has 6 N–H and O–H groups in total. The van der Waals surface area contributed by atoms with Crippen LogP contribution in [0.4, 0.5) is 0 Å². The number of fused-ring (bicyclic) bond motifs is 1. The number of hydrogen-bond donors (Lipinski definition) is 5. The molecule has 0 saturated carbocycles. The Balaban J connectivity index is 0.000000554. The molecule has 29 heavy (non-hydrogen) atoms. The van der Waals surface area contributed by atoms with Crippen LogP contribution in [0.25, 0.3) is 10.9 Å². The van der Waals surface area contributed by atoms with E-state index in [0.29, 0.717) is 19.4 Å². The topological polar surface area (TPSA) is 128 Å². The van der Waals surface area contributed by atoms with Crippen molar-refractivity contribution in [2.45, 2.75) is 65.5 Å². The highest BCUT2D eigenvalue weighted by molar-refractivity contribution is 5.87. The van der Waals surface area contributed by atoms with Gasteiger partial charge in [-0.15, -0.1) is 0 Å². The quantitative estimate of drug-likeness (QED) is 0.458. The zero-order valence-electron chi connectivity index (χ0n) is 18.3. The van der Waals surface area contributed by atoms with Crippen LogP contribution in [0.2, 0.25) is 0 Å². The van der Waals surface area contributed by atoms with E-state index in [1.54, 1.807) is 25.2 Å². The number of likely N-dealkylation sites (N-methyl/N-ethyl adjacent to an activating group) is 1. The van der Waals surface area contributed by atoms with E-state index in [1.165, 1.54) is 13.3 Å². The van der Waals surface area contributed by atoms with Crippen molar-refractivity contribution in [2.24, 2.45) is 5.73 Å². The number of rotatable bonds is 8. The van der Waals surface area contributed by atoms with Gasteiger partial charge in [0, 0.05) is 36.5 Å². The molecule has 0 aliphatic heterocycles. The number of aliphatic hydroxyl groups excluding tert-OH is 1. The van der Waals surface area contributed by atoms with Crippen molar-refractivity contribution in [3.05, 3.63) is 30.0 Å². The van der Waals surface area contributed by atoms with E-state index in [9.17, 15) is 14.7 Å². The molecule has 164 valence electrons. The number of nitrogens with one attached hydrogen (secondary N) is 2. The van der Waals surface area contributed by atoms with Gasteiger partial charge < -0.3 is 26.2 Å². The number of aromatic amines is 1. The number of benzene rings is 1. The zero-order valence-corrected chi connectivity index (χ0v) is 18.3. The number of Topliss-reactive ketones (excluding diaryl/α,β-unsaturated/α-hetero) is 2. The van der Waals surface area contributed by atoms with E-state index in [4.69, 9.17) is 10.8 Å². The number of carbonyl (C=O) groups is 2. The molecular formula is C22H37N3O4. The van der Waals surface area contributed by atoms with Crippen molar-refractivity contribution in [3.8, 4) is 5.75 Å². The summed E-state index contributed by atoms with van der Waals surface area (Å²) in [5, 5.41) is 22.1. The average Bonchev–Trinajstić information content (AvgIpc) is 3.03. The van der Waals surface area contributed by atoms with Gasteiger partial charge in [0.05, 0.1) is 12.1 Å². The van der Waals surface area contributed by atoms with Crippen LogP contribution in [-0.2, 0) is 16.0 Å². The summed E-state index contributed by atoms with van der Waals surface area (Å²) in [5.41, 5.74) is 7.72. The molecule has 2 rings (SSSR count). The number of aromatic nitrogens is 1. The lowest BCUT2D eigenvalue weighted by molar-refractivity contribution is -0.120. The maximum Gasteiger partial charge on any atom is 0.149 e. The van der Waals surface area contributed by atoms with Gasteiger partial charge in [0.1, 0.15) is 17.3 Å². The summed E-state index contributed by atoms with van der Waals surface area (Å²) in [6.45, 7) is 8.02. The average molecular weight is 408 g/mol. The van der Waals surface area contributed by atoms with Crippen LogP contribution in [0.15, 0.2) is 24.4 Å². The molecule has 0 bridgehead atoms. The number of carbonyl (C=O) groups excluding carboxylic acids is 2. The van der Waals surface area contributed by atoms with Gasteiger partial charge in [-0.25, -0.2) is 0 Å². The number of phenolic OH excluding ortho intramolecular Hbond substituents is 1. The first-order valence-electron chi connectivity index (χ1n) is 10.1. The molecule has 7 nitrogen and oxygen atoms in total. The Bertz CT molecular complexity index is 743. The van der Waals surface area contributed by atoms with Gasteiger partial charge in [0.25, 0.3) is 0 Å². The van der Waals surface area contributed by atoms with Gasteiger partial charge in [-0.05, 0) is 44.2 Å². The Morgan fingerprint density at radius 1 is 1.24 bits per heavy atom. The summed E-state index contributed by atoms with van der Waals surface area (Å²) in [5.74, 6) is 0.297. The molecule has 0 saturated heterocycles. The summed E-state index contributed by atoms with van der Waals surface area (Å²) in [4.78, 5) is 24.9. The van der Waals surface area contributed by atoms with E-state index in [1.807, 2.05) is 13.1 Å². The number of nitrogens with two attached hydrogens (primary N) is 1. The van der Waals surface area contributed by atoms with Gasteiger partial charge >= 0.3 is 0 Å².